The van der Waals surface area contributed by atoms with Gasteiger partial charge in [0.25, 0.3) is 0 Å². The van der Waals surface area contributed by atoms with Crippen LogP contribution < -0.4 is 0 Å². The van der Waals surface area contributed by atoms with Crippen molar-refractivity contribution in [3.05, 3.63) is 218 Å². The fourth-order valence-corrected chi connectivity index (χ4v) is 8.66. The number of para-hydroxylation sites is 2. The van der Waals surface area contributed by atoms with Gasteiger partial charge in [-0.25, -0.2) is 0 Å². The first-order valence-corrected chi connectivity index (χ1v) is 19.3. The molecule has 0 aliphatic carbocycles. The average molecular weight is 713 g/mol. The third-order valence-electron chi connectivity index (χ3n) is 11.3. The van der Waals surface area contributed by atoms with Crippen LogP contribution >= 0.6 is 0 Å². The Bertz CT molecular complexity index is 3190. The van der Waals surface area contributed by atoms with Crippen LogP contribution in [-0.4, -0.2) is 9.13 Å². The molecule has 9 aromatic carbocycles. The minimum Gasteiger partial charge on any atom is -0.309 e. The number of aromatic nitrogens is 2. The molecule has 2 heterocycles. The lowest BCUT2D eigenvalue weighted by Crippen LogP contribution is -1.95. The van der Waals surface area contributed by atoms with Crippen molar-refractivity contribution in [2.45, 2.75) is 0 Å². The third kappa shape index (κ3) is 5.26. The average Bonchev–Trinajstić information content (AvgIpc) is 3.80. The van der Waals surface area contributed by atoms with E-state index in [1.54, 1.807) is 0 Å². The smallest absolute Gasteiger partial charge is 0.0641 e. The second-order valence-electron chi connectivity index (χ2n) is 14.5. The Balaban J connectivity index is 1.03. The van der Waals surface area contributed by atoms with Crippen LogP contribution in [0.2, 0.25) is 0 Å². The van der Waals surface area contributed by atoms with Crippen LogP contribution in [0.4, 0.5) is 0 Å². The first-order chi connectivity index (χ1) is 27.8. The van der Waals surface area contributed by atoms with Gasteiger partial charge in [-0.15, -0.1) is 0 Å². The number of fused-ring (bicyclic) bond motifs is 7. The van der Waals surface area contributed by atoms with Gasteiger partial charge in [-0.1, -0.05) is 170 Å². The van der Waals surface area contributed by atoms with Crippen LogP contribution in [-0.2, 0) is 0 Å². The Morgan fingerprint density at radius 2 is 0.643 bits per heavy atom. The molecule has 0 spiro atoms. The van der Waals surface area contributed by atoms with Crippen LogP contribution in [0.5, 0.6) is 0 Å². The maximum Gasteiger partial charge on any atom is 0.0641 e. The van der Waals surface area contributed by atoms with E-state index in [9.17, 15) is 0 Å². The van der Waals surface area contributed by atoms with Crippen molar-refractivity contribution in [3.8, 4) is 55.9 Å². The summed E-state index contributed by atoms with van der Waals surface area (Å²) in [6, 6.07) is 79.3. The van der Waals surface area contributed by atoms with E-state index in [0.717, 1.165) is 11.4 Å². The lowest BCUT2D eigenvalue weighted by atomic mass is 9.97. The molecule has 0 N–H and O–H groups in total. The molecule has 11 aromatic rings. The quantitative estimate of drug-likeness (QED) is 0.162. The van der Waals surface area contributed by atoms with Crippen molar-refractivity contribution in [2.75, 3.05) is 0 Å². The van der Waals surface area contributed by atoms with Gasteiger partial charge in [-0.3, -0.25) is 0 Å². The molecule has 2 nitrogen and oxygen atoms in total. The summed E-state index contributed by atoms with van der Waals surface area (Å²) < 4.78 is 4.89. The second kappa shape index (κ2) is 13.2. The molecule has 0 fully saturated rings. The maximum atomic E-state index is 2.47. The molecule has 0 saturated carbocycles. The molecule has 0 aliphatic rings. The minimum absolute atomic E-state index is 1.14. The standard InChI is InChI=1S/C54H36N2/c1-3-12-37(13-4-1)39-22-24-41(25-23-39)43-16-11-17-44(36-43)42-28-32-46(33-29-42)56-50-20-9-7-18-47(50)48-34-35-52-53(54(48)56)49-19-8-10-21-51(49)55(52)45-30-26-40(27-31-45)38-14-5-2-6-15-38/h1-36H. The highest BCUT2D eigenvalue weighted by Gasteiger charge is 2.21. The van der Waals surface area contributed by atoms with Crippen LogP contribution in [0, 0.1) is 0 Å². The molecule has 56 heavy (non-hydrogen) atoms. The Morgan fingerprint density at radius 3 is 1.21 bits per heavy atom. The van der Waals surface area contributed by atoms with Crippen molar-refractivity contribution in [2.24, 2.45) is 0 Å². The summed E-state index contributed by atoms with van der Waals surface area (Å²) in [5.41, 5.74) is 16.8. The lowest BCUT2D eigenvalue weighted by molar-refractivity contribution is 1.17. The Kier molecular flexibility index (Phi) is 7.53. The van der Waals surface area contributed by atoms with E-state index in [-0.39, 0.29) is 0 Å². The van der Waals surface area contributed by atoms with E-state index in [4.69, 9.17) is 0 Å². The van der Waals surface area contributed by atoms with E-state index < -0.39 is 0 Å². The van der Waals surface area contributed by atoms with Gasteiger partial charge >= 0.3 is 0 Å². The predicted molar refractivity (Wildman–Crippen MR) is 237 cm³/mol. The van der Waals surface area contributed by atoms with Crippen molar-refractivity contribution in [3.63, 3.8) is 0 Å². The van der Waals surface area contributed by atoms with Crippen molar-refractivity contribution < 1.29 is 0 Å². The third-order valence-corrected chi connectivity index (χ3v) is 11.3. The molecule has 0 atom stereocenters. The summed E-state index contributed by atoms with van der Waals surface area (Å²) in [5.74, 6) is 0. The topological polar surface area (TPSA) is 9.86 Å². The molecule has 0 radical (unpaired) electrons. The van der Waals surface area contributed by atoms with Gasteiger partial charge in [0.2, 0.25) is 0 Å². The summed E-state index contributed by atoms with van der Waals surface area (Å²) >= 11 is 0. The highest BCUT2D eigenvalue weighted by molar-refractivity contribution is 6.26. The van der Waals surface area contributed by atoms with Gasteiger partial charge in [-0.2, -0.15) is 0 Å². The van der Waals surface area contributed by atoms with Gasteiger partial charge in [-0.05, 0) is 93.0 Å². The largest absolute Gasteiger partial charge is 0.309 e. The number of hydrogen-bond donors (Lipinski definition) is 0. The molecule has 0 amide bonds. The van der Waals surface area contributed by atoms with Crippen LogP contribution in [0.3, 0.4) is 0 Å². The SMILES string of the molecule is c1ccc(-c2ccc(-c3cccc(-c4ccc(-n5c6ccccc6c6ccc7c(c8ccccc8n7-c7ccc(-c8ccccc8)cc7)c65)cc4)c3)cc2)cc1. The number of benzene rings is 9. The van der Waals surface area contributed by atoms with E-state index in [1.807, 2.05) is 0 Å². The lowest BCUT2D eigenvalue weighted by Gasteiger charge is -2.12. The van der Waals surface area contributed by atoms with Gasteiger partial charge in [0, 0.05) is 32.9 Å². The summed E-state index contributed by atoms with van der Waals surface area (Å²) in [5, 5.41) is 5.01. The van der Waals surface area contributed by atoms with Crippen LogP contribution in [0.25, 0.3) is 99.5 Å². The van der Waals surface area contributed by atoms with E-state index in [1.165, 1.54) is 88.1 Å². The predicted octanol–water partition coefficient (Wildman–Crippen LogP) is 14.5. The fraction of sp³-hybridized carbons (Fsp3) is 0. The molecule has 0 saturated heterocycles. The zero-order valence-corrected chi connectivity index (χ0v) is 30.7. The molecular weight excluding hydrogens is 677 g/mol. The Hall–Kier alpha value is -7.42. The first-order valence-electron chi connectivity index (χ1n) is 19.3. The normalized spacial score (nSPS) is 11.6. The summed E-state index contributed by atoms with van der Waals surface area (Å²) in [6.07, 6.45) is 0. The first kappa shape index (κ1) is 32.0. The van der Waals surface area contributed by atoms with Crippen LogP contribution in [0.1, 0.15) is 0 Å². The Labute approximate surface area is 325 Å². The zero-order chi connectivity index (χ0) is 37.0. The molecular formula is C54H36N2. The highest BCUT2D eigenvalue weighted by Crippen LogP contribution is 2.42. The molecule has 0 bridgehead atoms. The van der Waals surface area contributed by atoms with Crippen molar-refractivity contribution >= 4 is 43.6 Å². The van der Waals surface area contributed by atoms with Gasteiger partial charge in [0.05, 0.1) is 22.1 Å². The number of nitrogens with zero attached hydrogens (tertiary/aromatic N) is 2. The monoisotopic (exact) mass is 712 g/mol. The number of rotatable bonds is 6. The molecule has 0 aliphatic heterocycles. The van der Waals surface area contributed by atoms with Crippen LogP contribution in [0.15, 0.2) is 218 Å². The summed E-state index contributed by atoms with van der Waals surface area (Å²) in [4.78, 5) is 0. The molecule has 262 valence electrons. The summed E-state index contributed by atoms with van der Waals surface area (Å²) in [7, 11) is 0. The number of hydrogen-bond acceptors (Lipinski definition) is 0. The van der Waals surface area contributed by atoms with Gasteiger partial charge in [0.1, 0.15) is 0 Å². The molecule has 2 aromatic heterocycles. The Morgan fingerprint density at radius 1 is 0.232 bits per heavy atom. The van der Waals surface area contributed by atoms with E-state index in [2.05, 4.69) is 228 Å². The minimum atomic E-state index is 1.14. The maximum absolute atomic E-state index is 2.47. The zero-order valence-electron chi connectivity index (χ0n) is 30.7. The molecule has 0 unspecified atom stereocenters. The molecule has 2 heteroatoms. The van der Waals surface area contributed by atoms with E-state index in [0.29, 0.717) is 0 Å². The van der Waals surface area contributed by atoms with E-state index >= 15 is 0 Å². The van der Waals surface area contributed by atoms with Gasteiger partial charge < -0.3 is 9.13 Å². The highest BCUT2D eigenvalue weighted by atomic mass is 15.0. The molecule has 11 rings (SSSR count). The second-order valence-corrected chi connectivity index (χ2v) is 14.5. The summed E-state index contributed by atoms with van der Waals surface area (Å²) in [6.45, 7) is 0. The van der Waals surface area contributed by atoms with Crippen molar-refractivity contribution in [1.29, 1.82) is 0 Å². The van der Waals surface area contributed by atoms with Crippen molar-refractivity contribution in [1.82, 2.24) is 9.13 Å². The van der Waals surface area contributed by atoms with Gasteiger partial charge in [0.15, 0.2) is 0 Å². The fourth-order valence-electron chi connectivity index (χ4n) is 8.66.